The van der Waals surface area contributed by atoms with Crippen LogP contribution >= 0.6 is 0 Å². The number of aryl methyl sites for hydroxylation is 2. The molecule has 0 aliphatic heterocycles. The zero-order chi connectivity index (χ0) is 12.0. The third-order valence-electron chi connectivity index (χ3n) is 3.11. The molecule has 1 N–H and O–H groups in total. The van der Waals surface area contributed by atoms with Gasteiger partial charge in [-0.15, -0.1) is 0 Å². The van der Waals surface area contributed by atoms with Crippen molar-refractivity contribution in [3.8, 4) is 0 Å². The van der Waals surface area contributed by atoms with Gasteiger partial charge >= 0.3 is 0 Å². The van der Waals surface area contributed by atoms with E-state index in [1.165, 1.54) is 16.7 Å². The zero-order valence-corrected chi connectivity index (χ0v) is 11.0. The van der Waals surface area contributed by atoms with Crippen molar-refractivity contribution >= 4 is 0 Å². The lowest BCUT2D eigenvalue weighted by Gasteiger charge is -2.14. The lowest BCUT2D eigenvalue weighted by Crippen LogP contribution is -2.28. The Morgan fingerprint density at radius 3 is 2.56 bits per heavy atom. The lowest BCUT2D eigenvalue weighted by molar-refractivity contribution is 0.349. The first-order valence-electron chi connectivity index (χ1n) is 6.09. The summed E-state index contributed by atoms with van der Waals surface area (Å²) in [5.74, 6) is 0. The number of likely N-dealkylation sites (N-methyl/N-ethyl adjacent to an activating group) is 1. The van der Waals surface area contributed by atoms with E-state index >= 15 is 0 Å². The molecule has 0 heterocycles. The van der Waals surface area contributed by atoms with Crippen LogP contribution in [0.25, 0.3) is 0 Å². The van der Waals surface area contributed by atoms with E-state index in [0.29, 0.717) is 0 Å². The quantitative estimate of drug-likeness (QED) is 0.740. The summed E-state index contributed by atoms with van der Waals surface area (Å²) in [6.07, 6.45) is 0. The van der Waals surface area contributed by atoms with Gasteiger partial charge in [0.1, 0.15) is 0 Å². The van der Waals surface area contributed by atoms with Crippen molar-refractivity contribution < 1.29 is 0 Å². The first-order valence-corrected chi connectivity index (χ1v) is 6.09. The molecule has 0 atom stereocenters. The van der Waals surface area contributed by atoms with Crippen LogP contribution in [-0.4, -0.2) is 31.6 Å². The van der Waals surface area contributed by atoms with Crippen molar-refractivity contribution in [3.63, 3.8) is 0 Å². The van der Waals surface area contributed by atoms with Gasteiger partial charge in [-0.05, 0) is 44.1 Å². The highest BCUT2D eigenvalue weighted by Crippen LogP contribution is 2.09. The first kappa shape index (κ1) is 13.2. The highest BCUT2D eigenvalue weighted by Gasteiger charge is 1.97. The van der Waals surface area contributed by atoms with Crippen molar-refractivity contribution in [2.75, 3.05) is 26.7 Å². The molecule has 1 aromatic rings. The summed E-state index contributed by atoms with van der Waals surface area (Å²) in [6.45, 7) is 10.8. The van der Waals surface area contributed by atoms with Gasteiger partial charge in [0, 0.05) is 19.6 Å². The van der Waals surface area contributed by atoms with E-state index in [1.54, 1.807) is 0 Å². The minimum atomic E-state index is 0.971. The number of hydrogen-bond acceptors (Lipinski definition) is 2. The Morgan fingerprint density at radius 2 is 1.94 bits per heavy atom. The predicted molar refractivity (Wildman–Crippen MR) is 70.8 cm³/mol. The van der Waals surface area contributed by atoms with Crippen LogP contribution in [0, 0.1) is 13.8 Å². The van der Waals surface area contributed by atoms with E-state index in [2.05, 4.69) is 56.2 Å². The van der Waals surface area contributed by atoms with Gasteiger partial charge in [0.05, 0.1) is 0 Å². The summed E-state index contributed by atoms with van der Waals surface area (Å²) in [5.41, 5.74) is 4.13. The van der Waals surface area contributed by atoms with E-state index in [-0.39, 0.29) is 0 Å². The second-order valence-electron chi connectivity index (χ2n) is 4.49. The van der Waals surface area contributed by atoms with Gasteiger partial charge in [-0.2, -0.15) is 0 Å². The number of hydrogen-bond donors (Lipinski definition) is 1. The molecule has 2 nitrogen and oxygen atoms in total. The van der Waals surface area contributed by atoms with Gasteiger partial charge in [-0.3, -0.25) is 0 Å². The minimum Gasteiger partial charge on any atom is -0.311 e. The smallest absolute Gasteiger partial charge is 0.0206 e. The van der Waals surface area contributed by atoms with Crippen LogP contribution in [0.4, 0.5) is 0 Å². The second kappa shape index (κ2) is 6.66. The third-order valence-corrected chi connectivity index (χ3v) is 3.11. The van der Waals surface area contributed by atoms with Crippen molar-refractivity contribution in [3.05, 3.63) is 34.9 Å². The molecule has 0 aliphatic carbocycles. The van der Waals surface area contributed by atoms with Gasteiger partial charge in [-0.25, -0.2) is 0 Å². The number of nitrogens with one attached hydrogen (secondary N) is 1. The molecular formula is C14H24N2. The molecule has 0 radical (unpaired) electrons. The summed E-state index contributed by atoms with van der Waals surface area (Å²) in [6, 6.07) is 6.68. The molecule has 0 unspecified atom stereocenters. The van der Waals surface area contributed by atoms with Gasteiger partial charge in [0.15, 0.2) is 0 Å². The molecule has 90 valence electrons. The first-order chi connectivity index (χ1) is 7.63. The number of nitrogens with zero attached hydrogens (tertiary/aromatic N) is 1. The Hall–Kier alpha value is -0.860. The van der Waals surface area contributed by atoms with Crippen molar-refractivity contribution in [1.82, 2.24) is 10.2 Å². The van der Waals surface area contributed by atoms with Gasteiger partial charge in [0.2, 0.25) is 0 Å². The van der Waals surface area contributed by atoms with Crippen LogP contribution in [0.5, 0.6) is 0 Å². The third kappa shape index (κ3) is 4.33. The highest BCUT2D eigenvalue weighted by molar-refractivity contribution is 5.29. The zero-order valence-electron chi connectivity index (χ0n) is 11.0. The normalized spacial score (nSPS) is 11.1. The summed E-state index contributed by atoms with van der Waals surface area (Å²) in [7, 11) is 2.15. The topological polar surface area (TPSA) is 15.3 Å². The molecule has 0 saturated carbocycles. The molecule has 0 amide bonds. The maximum atomic E-state index is 3.47. The summed E-state index contributed by atoms with van der Waals surface area (Å²) >= 11 is 0. The van der Waals surface area contributed by atoms with Crippen molar-refractivity contribution in [2.24, 2.45) is 0 Å². The van der Waals surface area contributed by atoms with E-state index in [1.807, 2.05) is 0 Å². The van der Waals surface area contributed by atoms with E-state index in [0.717, 1.165) is 26.2 Å². The summed E-state index contributed by atoms with van der Waals surface area (Å²) in [5, 5.41) is 3.47. The molecule has 1 rings (SSSR count). The molecule has 0 saturated heterocycles. The Kier molecular flexibility index (Phi) is 5.50. The van der Waals surface area contributed by atoms with Crippen LogP contribution in [0.15, 0.2) is 18.2 Å². The fourth-order valence-electron chi connectivity index (χ4n) is 1.57. The van der Waals surface area contributed by atoms with E-state index in [4.69, 9.17) is 0 Å². The predicted octanol–water partition coefficient (Wildman–Crippen LogP) is 2.34. The molecule has 0 spiro atoms. The fraction of sp³-hybridized carbons (Fsp3) is 0.571. The Balaban J connectivity index is 2.29. The largest absolute Gasteiger partial charge is 0.311 e. The Bertz CT molecular complexity index is 321. The number of benzene rings is 1. The SMILES string of the molecule is CCN(C)CCNCc1ccc(C)c(C)c1. The Labute approximate surface area is 99.7 Å². The molecular weight excluding hydrogens is 196 g/mol. The molecule has 0 bridgehead atoms. The van der Waals surface area contributed by atoms with Gasteiger partial charge in [-0.1, -0.05) is 25.1 Å². The molecule has 0 fully saturated rings. The van der Waals surface area contributed by atoms with E-state index < -0.39 is 0 Å². The maximum Gasteiger partial charge on any atom is 0.0206 e. The summed E-state index contributed by atoms with van der Waals surface area (Å²) < 4.78 is 0. The number of rotatable bonds is 6. The average molecular weight is 220 g/mol. The molecule has 2 heteroatoms. The molecule has 1 aromatic carbocycles. The monoisotopic (exact) mass is 220 g/mol. The standard InChI is InChI=1S/C14H24N2/c1-5-16(4)9-8-15-11-14-7-6-12(2)13(3)10-14/h6-7,10,15H,5,8-9,11H2,1-4H3. The fourth-order valence-corrected chi connectivity index (χ4v) is 1.57. The van der Waals surface area contributed by atoms with E-state index in [9.17, 15) is 0 Å². The molecule has 0 aliphatic rings. The minimum absolute atomic E-state index is 0.971. The Morgan fingerprint density at radius 1 is 1.19 bits per heavy atom. The van der Waals surface area contributed by atoms with Crippen LogP contribution in [0.3, 0.4) is 0 Å². The molecule has 16 heavy (non-hydrogen) atoms. The lowest BCUT2D eigenvalue weighted by atomic mass is 10.1. The van der Waals surface area contributed by atoms with Gasteiger partial charge in [0.25, 0.3) is 0 Å². The summed E-state index contributed by atoms with van der Waals surface area (Å²) in [4.78, 5) is 2.31. The van der Waals surface area contributed by atoms with Crippen LogP contribution in [0.1, 0.15) is 23.6 Å². The van der Waals surface area contributed by atoms with Crippen LogP contribution in [-0.2, 0) is 6.54 Å². The second-order valence-corrected chi connectivity index (χ2v) is 4.49. The maximum absolute atomic E-state index is 3.47. The van der Waals surface area contributed by atoms with Crippen LogP contribution in [0.2, 0.25) is 0 Å². The van der Waals surface area contributed by atoms with Gasteiger partial charge < -0.3 is 10.2 Å². The molecule has 0 aromatic heterocycles. The highest BCUT2D eigenvalue weighted by atomic mass is 15.1. The van der Waals surface area contributed by atoms with Crippen LogP contribution < -0.4 is 5.32 Å². The van der Waals surface area contributed by atoms with Crippen molar-refractivity contribution in [2.45, 2.75) is 27.3 Å². The van der Waals surface area contributed by atoms with Crippen molar-refractivity contribution in [1.29, 1.82) is 0 Å². The average Bonchev–Trinajstić information content (AvgIpc) is 2.28.